The van der Waals surface area contributed by atoms with Crippen LogP contribution in [0.1, 0.15) is 18.4 Å². The Morgan fingerprint density at radius 2 is 1.91 bits per heavy atom. The van der Waals surface area contributed by atoms with Gasteiger partial charge in [0.05, 0.1) is 4.92 Å². The third-order valence-corrected chi connectivity index (χ3v) is 4.84. The normalized spacial score (nSPS) is 16.5. The van der Waals surface area contributed by atoms with Gasteiger partial charge in [-0.05, 0) is 29.9 Å². The number of hydrogen-bond donors (Lipinski definition) is 2. The van der Waals surface area contributed by atoms with E-state index in [1.165, 1.54) is 24.3 Å². The summed E-state index contributed by atoms with van der Waals surface area (Å²) < 4.78 is 0. The number of benzene rings is 1. The van der Waals surface area contributed by atoms with E-state index in [1.54, 1.807) is 11.8 Å². The summed E-state index contributed by atoms with van der Waals surface area (Å²) in [4.78, 5) is 33.6. The van der Waals surface area contributed by atoms with Gasteiger partial charge in [-0.2, -0.15) is 11.8 Å². The highest BCUT2D eigenvalue weighted by Crippen LogP contribution is 2.23. The predicted molar refractivity (Wildman–Crippen MR) is 86.4 cm³/mol. The summed E-state index contributed by atoms with van der Waals surface area (Å²) in [5, 5.41) is 22.5. The molecule has 124 valence electrons. The first-order valence-corrected chi connectivity index (χ1v) is 8.47. The summed E-state index contributed by atoms with van der Waals surface area (Å²) in [6.45, 7) is 0. The molecule has 1 saturated heterocycles. The molecule has 1 aliphatic rings. The first kappa shape index (κ1) is 17.3. The number of rotatable bonds is 6. The number of nitro groups is 1. The molecule has 0 bridgehead atoms. The second kappa shape index (κ2) is 7.96. The largest absolute Gasteiger partial charge is 0.480 e. The molecule has 0 spiro atoms. The minimum atomic E-state index is -1.11. The fourth-order valence-corrected chi connectivity index (χ4v) is 3.55. The van der Waals surface area contributed by atoms with Crippen molar-refractivity contribution in [2.45, 2.75) is 25.3 Å². The predicted octanol–water partition coefficient (Wildman–Crippen LogP) is 1.85. The summed E-state index contributed by atoms with van der Waals surface area (Å²) in [7, 11) is 0. The van der Waals surface area contributed by atoms with E-state index in [4.69, 9.17) is 0 Å². The number of amides is 1. The lowest BCUT2D eigenvalue weighted by molar-refractivity contribution is -0.384. The van der Waals surface area contributed by atoms with Gasteiger partial charge in [-0.25, -0.2) is 4.79 Å². The van der Waals surface area contributed by atoms with Crippen molar-refractivity contribution < 1.29 is 19.6 Å². The van der Waals surface area contributed by atoms with E-state index in [0.29, 0.717) is 5.56 Å². The fraction of sp³-hybridized carbons (Fsp3) is 0.467. The molecule has 1 heterocycles. The van der Waals surface area contributed by atoms with Gasteiger partial charge in [0.15, 0.2) is 0 Å². The molecule has 1 amide bonds. The van der Waals surface area contributed by atoms with Crippen molar-refractivity contribution >= 4 is 29.3 Å². The van der Waals surface area contributed by atoms with Crippen molar-refractivity contribution in [3.05, 3.63) is 39.9 Å². The van der Waals surface area contributed by atoms with Crippen LogP contribution in [0.3, 0.4) is 0 Å². The topological polar surface area (TPSA) is 110 Å². The second-order valence-corrected chi connectivity index (χ2v) is 6.64. The number of carboxylic acid groups (broad SMARTS) is 1. The lowest BCUT2D eigenvalue weighted by Gasteiger charge is -2.23. The molecular weight excluding hydrogens is 320 g/mol. The smallest absolute Gasteiger partial charge is 0.326 e. The number of non-ortho nitro benzene ring substituents is 1. The number of carboxylic acids is 1. The zero-order valence-corrected chi connectivity index (χ0v) is 13.3. The van der Waals surface area contributed by atoms with Crippen LogP contribution in [-0.4, -0.2) is 39.5 Å². The maximum atomic E-state index is 12.2. The third-order valence-electron chi connectivity index (χ3n) is 3.79. The number of nitrogens with one attached hydrogen (secondary N) is 1. The Morgan fingerprint density at radius 1 is 1.30 bits per heavy atom. The lowest BCUT2D eigenvalue weighted by Crippen LogP contribution is -2.45. The van der Waals surface area contributed by atoms with Gasteiger partial charge in [0.25, 0.3) is 5.69 Å². The fourth-order valence-electron chi connectivity index (χ4n) is 2.44. The number of carbonyl (C=O) groups excluding carboxylic acids is 1. The van der Waals surface area contributed by atoms with Gasteiger partial charge in [0.2, 0.25) is 5.91 Å². The van der Waals surface area contributed by atoms with Gasteiger partial charge in [-0.15, -0.1) is 0 Å². The average molecular weight is 338 g/mol. The summed E-state index contributed by atoms with van der Waals surface area (Å²) in [5.74, 6) is 0.368. The lowest BCUT2D eigenvalue weighted by atomic mass is 10.00. The van der Waals surface area contributed by atoms with E-state index in [0.717, 1.165) is 24.3 Å². The maximum Gasteiger partial charge on any atom is 0.326 e. The van der Waals surface area contributed by atoms with E-state index in [2.05, 4.69) is 5.32 Å². The summed E-state index contributed by atoms with van der Waals surface area (Å²) >= 11 is 1.80. The van der Waals surface area contributed by atoms with Gasteiger partial charge >= 0.3 is 5.97 Å². The number of thioether (sulfide) groups is 1. The molecule has 1 aromatic carbocycles. The molecule has 23 heavy (non-hydrogen) atoms. The highest BCUT2D eigenvalue weighted by molar-refractivity contribution is 7.99. The molecule has 7 nitrogen and oxygen atoms in total. The number of carbonyl (C=O) groups is 2. The van der Waals surface area contributed by atoms with Crippen LogP contribution in [0.4, 0.5) is 5.69 Å². The molecule has 1 atom stereocenters. The number of hydrogen-bond acceptors (Lipinski definition) is 5. The zero-order chi connectivity index (χ0) is 16.8. The van der Waals surface area contributed by atoms with Crippen molar-refractivity contribution in [1.82, 2.24) is 5.32 Å². The van der Waals surface area contributed by atoms with E-state index >= 15 is 0 Å². The molecule has 0 aromatic heterocycles. The zero-order valence-electron chi connectivity index (χ0n) is 12.4. The van der Waals surface area contributed by atoms with Crippen LogP contribution in [-0.2, 0) is 16.0 Å². The first-order valence-electron chi connectivity index (χ1n) is 7.31. The summed E-state index contributed by atoms with van der Waals surface area (Å²) in [5.41, 5.74) is 0.576. The molecule has 0 saturated carbocycles. The molecule has 1 fully saturated rings. The molecule has 1 aliphatic heterocycles. The Balaban J connectivity index is 1.99. The molecule has 1 unspecified atom stereocenters. The van der Waals surface area contributed by atoms with Gasteiger partial charge in [0, 0.05) is 24.5 Å². The van der Waals surface area contributed by atoms with Crippen molar-refractivity contribution in [1.29, 1.82) is 0 Å². The molecule has 2 rings (SSSR count). The Labute approximate surface area is 137 Å². The highest BCUT2D eigenvalue weighted by Gasteiger charge is 2.26. The molecule has 0 radical (unpaired) electrons. The van der Waals surface area contributed by atoms with Crippen molar-refractivity contribution in [3.8, 4) is 0 Å². The monoisotopic (exact) mass is 338 g/mol. The van der Waals surface area contributed by atoms with E-state index in [1.807, 2.05) is 0 Å². The van der Waals surface area contributed by atoms with Crippen molar-refractivity contribution in [3.63, 3.8) is 0 Å². The Bertz CT molecular complexity index is 584. The van der Waals surface area contributed by atoms with Crippen LogP contribution < -0.4 is 5.32 Å². The summed E-state index contributed by atoms with van der Waals surface area (Å²) in [6.07, 6.45) is 1.63. The average Bonchev–Trinajstić information content (AvgIpc) is 2.55. The van der Waals surface area contributed by atoms with Crippen molar-refractivity contribution in [2.75, 3.05) is 11.5 Å². The first-order chi connectivity index (χ1) is 11.0. The Hall–Kier alpha value is -2.09. The van der Waals surface area contributed by atoms with E-state index in [-0.39, 0.29) is 23.9 Å². The van der Waals surface area contributed by atoms with E-state index in [9.17, 15) is 24.8 Å². The number of aliphatic carboxylic acids is 1. The maximum absolute atomic E-state index is 12.2. The molecule has 2 N–H and O–H groups in total. The quantitative estimate of drug-likeness (QED) is 0.605. The number of nitro benzene ring substituents is 1. The standard InChI is InChI=1S/C15H18N2O5S/c18-14(11-5-7-23-8-6-11)16-13(15(19)20)9-10-1-3-12(4-2-10)17(21)22/h1-4,11,13H,5-9H2,(H,16,18)(H,19,20). The Morgan fingerprint density at radius 3 is 2.43 bits per heavy atom. The van der Waals surface area contributed by atoms with Gasteiger partial charge in [-0.3, -0.25) is 14.9 Å². The van der Waals surface area contributed by atoms with Crippen LogP contribution in [0.25, 0.3) is 0 Å². The molecular formula is C15H18N2O5S. The van der Waals surface area contributed by atoms with Crippen LogP contribution >= 0.6 is 11.8 Å². The molecule has 0 aliphatic carbocycles. The Kier molecular flexibility index (Phi) is 5.97. The minimum Gasteiger partial charge on any atom is -0.480 e. The van der Waals surface area contributed by atoms with Gasteiger partial charge < -0.3 is 10.4 Å². The van der Waals surface area contributed by atoms with Crippen LogP contribution in [0.15, 0.2) is 24.3 Å². The van der Waals surface area contributed by atoms with Gasteiger partial charge in [-0.1, -0.05) is 12.1 Å². The summed E-state index contributed by atoms with van der Waals surface area (Å²) in [6, 6.07) is 4.65. The van der Waals surface area contributed by atoms with Crippen LogP contribution in [0.2, 0.25) is 0 Å². The molecule has 1 aromatic rings. The minimum absolute atomic E-state index is 0.0515. The third kappa shape index (κ3) is 4.95. The molecule has 8 heteroatoms. The van der Waals surface area contributed by atoms with E-state index < -0.39 is 16.9 Å². The number of nitrogens with zero attached hydrogens (tertiary/aromatic N) is 1. The van der Waals surface area contributed by atoms with Crippen LogP contribution in [0, 0.1) is 16.0 Å². The van der Waals surface area contributed by atoms with Crippen LogP contribution in [0.5, 0.6) is 0 Å². The SMILES string of the molecule is O=C(NC(Cc1ccc([N+](=O)[O-])cc1)C(=O)O)C1CCSCC1. The highest BCUT2D eigenvalue weighted by atomic mass is 32.2. The van der Waals surface area contributed by atoms with Gasteiger partial charge in [0.1, 0.15) is 6.04 Å². The second-order valence-electron chi connectivity index (χ2n) is 5.41. The van der Waals surface area contributed by atoms with Crippen molar-refractivity contribution in [2.24, 2.45) is 5.92 Å².